The second-order valence-electron chi connectivity index (χ2n) is 5.41. The molecule has 4 aromatic rings. The zero-order valence-electron chi connectivity index (χ0n) is 12.9. The Bertz CT molecular complexity index is 979. The number of nitrogens with zero attached hydrogens (tertiary/aromatic N) is 5. The lowest BCUT2D eigenvalue weighted by molar-refractivity contribution is 0.0988. The Morgan fingerprint density at radius 1 is 1.33 bits per heavy atom. The van der Waals surface area contributed by atoms with Crippen LogP contribution in [-0.4, -0.2) is 30.2 Å². The maximum absolute atomic E-state index is 12.0. The number of hydrogen-bond acceptors (Lipinski definition) is 5. The second-order valence-corrected chi connectivity index (χ2v) is 5.41. The van der Waals surface area contributed by atoms with Crippen LogP contribution in [0, 0.1) is 6.92 Å². The SMILES string of the molecule is Cc1cc(C(=O)Nc2cnn(Cc3cn4ccccc4n3)c2)on1. The molecule has 0 bridgehead atoms. The van der Waals surface area contributed by atoms with Gasteiger partial charge in [0.1, 0.15) is 5.65 Å². The van der Waals surface area contributed by atoms with Gasteiger partial charge in [0.25, 0.3) is 5.91 Å². The van der Waals surface area contributed by atoms with Crippen LogP contribution in [0.25, 0.3) is 5.65 Å². The van der Waals surface area contributed by atoms with E-state index in [0.29, 0.717) is 17.9 Å². The third-order valence-corrected chi connectivity index (χ3v) is 3.48. The molecular weight excluding hydrogens is 308 g/mol. The lowest BCUT2D eigenvalue weighted by atomic mass is 10.3. The van der Waals surface area contributed by atoms with E-state index in [1.54, 1.807) is 30.1 Å². The topological polar surface area (TPSA) is 90.2 Å². The number of carbonyl (C=O) groups is 1. The van der Waals surface area contributed by atoms with Crippen molar-refractivity contribution in [3.63, 3.8) is 0 Å². The van der Waals surface area contributed by atoms with Gasteiger partial charge in [-0.3, -0.25) is 9.48 Å². The number of amides is 1. The van der Waals surface area contributed by atoms with Crippen LogP contribution in [-0.2, 0) is 6.54 Å². The van der Waals surface area contributed by atoms with Crippen molar-refractivity contribution in [2.45, 2.75) is 13.5 Å². The van der Waals surface area contributed by atoms with Crippen molar-refractivity contribution >= 4 is 17.2 Å². The molecule has 0 aliphatic rings. The van der Waals surface area contributed by atoms with Crippen molar-refractivity contribution in [3.8, 4) is 0 Å². The summed E-state index contributed by atoms with van der Waals surface area (Å²) < 4.78 is 8.60. The average molecular weight is 322 g/mol. The minimum atomic E-state index is -0.358. The summed E-state index contributed by atoms with van der Waals surface area (Å²) >= 11 is 0. The molecule has 0 spiro atoms. The Morgan fingerprint density at radius 3 is 3.04 bits per heavy atom. The van der Waals surface area contributed by atoms with Gasteiger partial charge in [0, 0.05) is 24.7 Å². The fourth-order valence-electron chi connectivity index (χ4n) is 2.41. The summed E-state index contributed by atoms with van der Waals surface area (Å²) in [5.41, 5.74) is 3.00. The highest BCUT2D eigenvalue weighted by Gasteiger charge is 2.13. The quantitative estimate of drug-likeness (QED) is 0.621. The summed E-state index contributed by atoms with van der Waals surface area (Å²) in [7, 11) is 0. The van der Waals surface area contributed by atoms with Crippen molar-refractivity contribution in [2.75, 3.05) is 5.32 Å². The van der Waals surface area contributed by atoms with Gasteiger partial charge in [-0.15, -0.1) is 0 Å². The molecule has 120 valence electrons. The van der Waals surface area contributed by atoms with E-state index in [9.17, 15) is 4.79 Å². The highest BCUT2D eigenvalue weighted by Crippen LogP contribution is 2.11. The first-order valence-corrected chi connectivity index (χ1v) is 7.37. The number of rotatable bonds is 4. The van der Waals surface area contributed by atoms with Gasteiger partial charge in [0.05, 0.1) is 29.8 Å². The molecule has 0 aliphatic carbocycles. The first-order valence-electron chi connectivity index (χ1n) is 7.37. The van der Waals surface area contributed by atoms with Gasteiger partial charge in [-0.25, -0.2) is 4.98 Å². The number of aryl methyl sites for hydroxylation is 1. The van der Waals surface area contributed by atoms with E-state index in [4.69, 9.17) is 4.52 Å². The minimum Gasteiger partial charge on any atom is -0.351 e. The molecule has 0 radical (unpaired) electrons. The second kappa shape index (κ2) is 5.65. The summed E-state index contributed by atoms with van der Waals surface area (Å²) in [6, 6.07) is 7.41. The zero-order valence-corrected chi connectivity index (χ0v) is 12.9. The van der Waals surface area contributed by atoms with E-state index in [0.717, 1.165) is 11.3 Å². The van der Waals surface area contributed by atoms with Crippen LogP contribution in [0.1, 0.15) is 21.9 Å². The standard InChI is InChI=1S/C16H14N6O2/c1-11-6-14(24-20-11)16(23)19-12-7-17-22(9-12)10-13-8-21-5-3-2-4-15(21)18-13/h2-9H,10H2,1H3,(H,19,23). The summed E-state index contributed by atoms with van der Waals surface area (Å²) in [6.45, 7) is 2.27. The minimum absolute atomic E-state index is 0.167. The van der Waals surface area contributed by atoms with Crippen molar-refractivity contribution in [3.05, 3.63) is 66.2 Å². The summed E-state index contributed by atoms with van der Waals surface area (Å²) in [5.74, 6) is -0.191. The zero-order chi connectivity index (χ0) is 16.5. The predicted molar refractivity (Wildman–Crippen MR) is 85.7 cm³/mol. The Balaban J connectivity index is 1.47. The molecule has 1 N–H and O–H groups in total. The van der Waals surface area contributed by atoms with Crippen LogP contribution in [0.3, 0.4) is 0 Å². The summed E-state index contributed by atoms with van der Waals surface area (Å²) in [5, 5.41) is 10.7. The van der Waals surface area contributed by atoms with Crippen molar-refractivity contribution in [2.24, 2.45) is 0 Å². The van der Waals surface area contributed by atoms with E-state index >= 15 is 0 Å². The van der Waals surface area contributed by atoms with Crippen LogP contribution in [0.15, 0.2) is 53.6 Å². The van der Waals surface area contributed by atoms with Gasteiger partial charge in [0.15, 0.2) is 0 Å². The first kappa shape index (κ1) is 14.2. The van der Waals surface area contributed by atoms with Gasteiger partial charge < -0.3 is 14.2 Å². The molecule has 0 aliphatic heterocycles. The monoisotopic (exact) mass is 322 g/mol. The molecule has 0 saturated heterocycles. The molecule has 24 heavy (non-hydrogen) atoms. The maximum atomic E-state index is 12.0. The number of pyridine rings is 1. The van der Waals surface area contributed by atoms with Gasteiger partial charge in [0.2, 0.25) is 5.76 Å². The molecular formula is C16H14N6O2. The molecule has 0 aromatic carbocycles. The molecule has 8 heteroatoms. The van der Waals surface area contributed by atoms with Gasteiger partial charge in [-0.2, -0.15) is 5.10 Å². The van der Waals surface area contributed by atoms with Crippen molar-refractivity contribution < 1.29 is 9.32 Å². The van der Waals surface area contributed by atoms with E-state index in [1.807, 2.05) is 35.0 Å². The third kappa shape index (κ3) is 2.76. The van der Waals surface area contributed by atoms with Crippen molar-refractivity contribution in [1.82, 2.24) is 24.3 Å². The molecule has 0 saturated carbocycles. The number of carbonyl (C=O) groups excluding carboxylic acids is 1. The number of aromatic nitrogens is 5. The molecule has 0 atom stereocenters. The summed E-state index contributed by atoms with van der Waals surface area (Å²) in [6.07, 6.45) is 7.22. The van der Waals surface area contributed by atoms with E-state index in [1.165, 1.54) is 0 Å². The van der Waals surface area contributed by atoms with E-state index in [-0.39, 0.29) is 11.7 Å². The van der Waals surface area contributed by atoms with Crippen LogP contribution < -0.4 is 5.32 Å². The number of nitrogens with one attached hydrogen (secondary N) is 1. The molecule has 0 fully saturated rings. The third-order valence-electron chi connectivity index (χ3n) is 3.48. The van der Waals surface area contributed by atoms with Crippen LogP contribution >= 0.6 is 0 Å². The molecule has 0 unspecified atom stereocenters. The Hall–Kier alpha value is -3.42. The number of anilines is 1. The van der Waals surface area contributed by atoms with Gasteiger partial charge >= 0.3 is 0 Å². The number of imidazole rings is 1. The normalized spacial score (nSPS) is 11.0. The molecule has 1 amide bonds. The van der Waals surface area contributed by atoms with E-state index < -0.39 is 0 Å². The van der Waals surface area contributed by atoms with Crippen molar-refractivity contribution in [1.29, 1.82) is 0 Å². The summed E-state index contributed by atoms with van der Waals surface area (Å²) in [4.78, 5) is 16.5. The molecule has 8 nitrogen and oxygen atoms in total. The number of fused-ring (bicyclic) bond motifs is 1. The molecule has 4 aromatic heterocycles. The maximum Gasteiger partial charge on any atom is 0.294 e. The Morgan fingerprint density at radius 2 is 2.25 bits per heavy atom. The van der Waals surface area contributed by atoms with Gasteiger partial charge in [-0.05, 0) is 19.1 Å². The van der Waals surface area contributed by atoms with Crippen LogP contribution in [0.4, 0.5) is 5.69 Å². The smallest absolute Gasteiger partial charge is 0.294 e. The largest absolute Gasteiger partial charge is 0.351 e. The van der Waals surface area contributed by atoms with E-state index in [2.05, 4.69) is 20.6 Å². The van der Waals surface area contributed by atoms with Crippen LogP contribution in [0.5, 0.6) is 0 Å². The number of hydrogen-bond donors (Lipinski definition) is 1. The average Bonchev–Trinajstić information content (AvgIpc) is 3.27. The highest BCUT2D eigenvalue weighted by atomic mass is 16.5. The fourth-order valence-corrected chi connectivity index (χ4v) is 2.41. The predicted octanol–water partition coefficient (Wildman–Crippen LogP) is 2.13. The fraction of sp³-hybridized carbons (Fsp3) is 0.125. The lowest BCUT2D eigenvalue weighted by Crippen LogP contribution is -2.10. The first-order chi connectivity index (χ1) is 11.7. The Kier molecular flexibility index (Phi) is 3.34. The molecule has 4 rings (SSSR count). The highest BCUT2D eigenvalue weighted by molar-refractivity contribution is 6.02. The Labute approximate surface area is 136 Å². The molecule has 4 heterocycles. The van der Waals surface area contributed by atoms with Crippen LogP contribution in [0.2, 0.25) is 0 Å². The lowest BCUT2D eigenvalue weighted by Gasteiger charge is -1.98. The van der Waals surface area contributed by atoms with Gasteiger partial charge in [-0.1, -0.05) is 11.2 Å².